The molecule has 0 unspecified atom stereocenters. The van der Waals surface area contributed by atoms with Gasteiger partial charge < -0.3 is 5.32 Å². The minimum absolute atomic E-state index is 0.639. The molecule has 0 saturated carbocycles. The molecule has 1 heteroatoms. The van der Waals surface area contributed by atoms with Gasteiger partial charge in [0.1, 0.15) is 0 Å². The smallest absolute Gasteiger partial charge is 0.00148 e. The Labute approximate surface area is 44.4 Å². The van der Waals surface area contributed by atoms with Crippen molar-refractivity contribution in [3.8, 4) is 0 Å². The molecule has 0 amide bonds. The summed E-state index contributed by atoms with van der Waals surface area (Å²) in [6.45, 7) is 7.49. The normalized spacial score (nSPS) is 30.6. The fourth-order valence-corrected chi connectivity index (χ4v) is 0.841. The van der Waals surface area contributed by atoms with Crippen molar-refractivity contribution in [3.05, 3.63) is 12.7 Å². The maximum Gasteiger partial charge on any atom is 0.00148 e. The molecule has 1 atom stereocenters. The van der Waals surface area contributed by atoms with Crippen molar-refractivity contribution in [1.29, 1.82) is 0 Å². The zero-order valence-corrected chi connectivity index (χ0v) is 4.35. The van der Waals surface area contributed by atoms with E-state index in [1.807, 2.05) is 0 Å². The highest BCUT2D eigenvalue weighted by Crippen LogP contribution is 2.06. The van der Waals surface area contributed by atoms with Crippen LogP contribution < -0.4 is 5.32 Å². The molecule has 1 N–H and O–H groups in total. The first kappa shape index (κ1) is 4.85. The van der Waals surface area contributed by atoms with E-state index in [4.69, 9.17) is 6.58 Å². The van der Waals surface area contributed by atoms with Crippen molar-refractivity contribution in [1.82, 2.24) is 5.32 Å². The van der Waals surface area contributed by atoms with Crippen LogP contribution in [0.2, 0.25) is 0 Å². The molecule has 0 spiro atoms. The van der Waals surface area contributed by atoms with Gasteiger partial charge in [-0.1, -0.05) is 12.7 Å². The van der Waals surface area contributed by atoms with E-state index in [0.29, 0.717) is 5.92 Å². The Morgan fingerprint density at radius 2 is 2.57 bits per heavy atom. The van der Waals surface area contributed by atoms with Crippen LogP contribution >= 0.6 is 0 Å². The molecule has 1 saturated heterocycles. The Hall–Kier alpha value is -0.300. The first-order valence-corrected chi connectivity index (χ1v) is 2.69. The molecule has 0 bridgehead atoms. The van der Waals surface area contributed by atoms with E-state index in [2.05, 4.69) is 5.32 Å². The third-order valence-corrected chi connectivity index (χ3v) is 1.37. The fourth-order valence-electron chi connectivity index (χ4n) is 0.841. The third-order valence-electron chi connectivity index (χ3n) is 1.37. The van der Waals surface area contributed by atoms with E-state index < -0.39 is 0 Å². The van der Waals surface area contributed by atoms with Crippen molar-refractivity contribution in [2.24, 2.45) is 5.92 Å². The SMILES string of the molecule is [CH]=C[C@H]1CCNC1. The van der Waals surface area contributed by atoms with Crippen LogP contribution in [0.4, 0.5) is 0 Å². The molecule has 1 nitrogen and oxygen atoms in total. The average Bonchev–Trinajstić information content (AvgIpc) is 2.14. The van der Waals surface area contributed by atoms with Gasteiger partial charge >= 0.3 is 0 Å². The van der Waals surface area contributed by atoms with Gasteiger partial charge in [-0.2, -0.15) is 0 Å². The molecule has 1 rings (SSSR count). The van der Waals surface area contributed by atoms with Crippen LogP contribution in [0.3, 0.4) is 0 Å². The largest absolute Gasteiger partial charge is 0.316 e. The minimum atomic E-state index is 0.639. The summed E-state index contributed by atoms with van der Waals surface area (Å²) in [7, 11) is 0. The molecule has 0 aromatic carbocycles. The second-order valence-corrected chi connectivity index (χ2v) is 1.95. The van der Waals surface area contributed by atoms with Gasteiger partial charge in [0, 0.05) is 6.54 Å². The number of nitrogens with one attached hydrogen (secondary N) is 1. The molecular formula is C6H10N. The fraction of sp³-hybridized carbons (Fsp3) is 0.667. The van der Waals surface area contributed by atoms with E-state index in [-0.39, 0.29) is 0 Å². The zero-order valence-electron chi connectivity index (χ0n) is 4.35. The van der Waals surface area contributed by atoms with Gasteiger partial charge in [0.2, 0.25) is 0 Å². The molecule has 0 aromatic rings. The lowest BCUT2D eigenvalue weighted by Gasteiger charge is -1.93. The van der Waals surface area contributed by atoms with E-state index in [1.165, 1.54) is 6.42 Å². The molecule has 39 valence electrons. The van der Waals surface area contributed by atoms with Crippen LogP contribution in [0, 0.1) is 12.5 Å². The van der Waals surface area contributed by atoms with Crippen LogP contribution in [0.25, 0.3) is 0 Å². The highest BCUT2D eigenvalue weighted by atomic mass is 14.9. The summed E-state index contributed by atoms with van der Waals surface area (Å²) in [6, 6.07) is 0. The lowest BCUT2D eigenvalue weighted by molar-refractivity contribution is 0.729. The van der Waals surface area contributed by atoms with Crippen LogP contribution in [-0.4, -0.2) is 13.1 Å². The third kappa shape index (κ3) is 1.03. The first-order chi connectivity index (χ1) is 3.43. The van der Waals surface area contributed by atoms with E-state index in [1.54, 1.807) is 6.08 Å². The standard InChI is InChI=1S/C6H10N/c1-2-6-3-4-7-5-6/h1-2,6-7H,3-5H2/t6-/m0/s1. The molecule has 1 fully saturated rings. The van der Waals surface area contributed by atoms with Crippen molar-refractivity contribution in [2.45, 2.75) is 6.42 Å². The van der Waals surface area contributed by atoms with Crippen molar-refractivity contribution in [2.75, 3.05) is 13.1 Å². The summed E-state index contributed by atoms with van der Waals surface area (Å²) in [4.78, 5) is 0. The predicted molar refractivity (Wildman–Crippen MR) is 29.8 cm³/mol. The summed E-state index contributed by atoms with van der Waals surface area (Å²) in [6.07, 6.45) is 3.00. The van der Waals surface area contributed by atoms with Crippen molar-refractivity contribution in [3.63, 3.8) is 0 Å². The lowest BCUT2D eigenvalue weighted by atomic mass is 10.1. The summed E-state index contributed by atoms with van der Waals surface area (Å²) < 4.78 is 0. The minimum Gasteiger partial charge on any atom is -0.316 e. The Kier molecular flexibility index (Phi) is 1.47. The molecule has 1 radical (unpaired) electrons. The van der Waals surface area contributed by atoms with E-state index in [9.17, 15) is 0 Å². The van der Waals surface area contributed by atoms with Gasteiger partial charge in [-0.3, -0.25) is 0 Å². The quantitative estimate of drug-likeness (QED) is 0.503. The Bertz CT molecular complexity index is 62.6. The van der Waals surface area contributed by atoms with Crippen LogP contribution in [0.1, 0.15) is 6.42 Å². The number of hydrogen-bond donors (Lipinski definition) is 1. The van der Waals surface area contributed by atoms with E-state index in [0.717, 1.165) is 13.1 Å². The zero-order chi connectivity index (χ0) is 5.11. The Morgan fingerprint density at radius 3 is 2.86 bits per heavy atom. The van der Waals surface area contributed by atoms with Gasteiger partial charge in [0.15, 0.2) is 0 Å². The molecule has 1 aliphatic heterocycles. The van der Waals surface area contributed by atoms with Crippen LogP contribution in [0.15, 0.2) is 6.08 Å². The van der Waals surface area contributed by atoms with Gasteiger partial charge in [-0.25, -0.2) is 0 Å². The second-order valence-electron chi connectivity index (χ2n) is 1.95. The number of hydrogen-bond acceptors (Lipinski definition) is 1. The average molecular weight is 96.2 g/mol. The van der Waals surface area contributed by atoms with Crippen LogP contribution in [0.5, 0.6) is 0 Å². The van der Waals surface area contributed by atoms with Gasteiger partial charge in [-0.15, -0.1) is 0 Å². The highest BCUT2D eigenvalue weighted by Gasteiger charge is 2.08. The Balaban J connectivity index is 2.26. The maximum absolute atomic E-state index is 5.27. The first-order valence-electron chi connectivity index (χ1n) is 2.69. The summed E-state index contributed by atoms with van der Waals surface area (Å²) in [5.41, 5.74) is 0. The van der Waals surface area contributed by atoms with Gasteiger partial charge in [0.25, 0.3) is 0 Å². The summed E-state index contributed by atoms with van der Waals surface area (Å²) in [5, 5.41) is 3.21. The van der Waals surface area contributed by atoms with E-state index >= 15 is 0 Å². The Morgan fingerprint density at radius 1 is 1.71 bits per heavy atom. The van der Waals surface area contributed by atoms with Gasteiger partial charge in [0.05, 0.1) is 0 Å². The maximum atomic E-state index is 5.27. The molecule has 0 aromatic heterocycles. The van der Waals surface area contributed by atoms with Crippen LogP contribution in [-0.2, 0) is 0 Å². The molecule has 1 heterocycles. The molecular weight excluding hydrogens is 86.1 g/mol. The van der Waals surface area contributed by atoms with Crippen molar-refractivity contribution < 1.29 is 0 Å². The highest BCUT2D eigenvalue weighted by molar-refractivity contribution is 4.83. The predicted octanol–water partition coefficient (Wildman–Crippen LogP) is 0.585. The lowest BCUT2D eigenvalue weighted by Crippen LogP contribution is -2.06. The molecule has 1 aliphatic rings. The monoisotopic (exact) mass is 96.1 g/mol. The topological polar surface area (TPSA) is 12.0 Å². The number of rotatable bonds is 1. The van der Waals surface area contributed by atoms with Crippen molar-refractivity contribution >= 4 is 0 Å². The summed E-state index contributed by atoms with van der Waals surface area (Å²) in [5.74, 6) is 0.639. The summed E-state index contributed by atoms with van der Waals surface area (Å²) >= 11 is 0. The molecule has 0 aliphatic carbocycles. The molecule has 7 heavy (non-hydrogen) atoms. The second kappa shape index (κ2) is 2.12. The van der Waals surface area contributed by atoms with Gasteiger partial charge in [-0.05, 0) is 18.9 Å².